The van der Waals surface area contributed by atoms with E-state index in [-0.39, 0.29) is 11.9 Å². The molecule has 32 heavy (non-hydrogen) atoms. The van der Waals surface area contributed by atoms with Gasteiger partial charge in [-0.25, -0.2) is 4.79 Å². The molecule has 0 aromatic heterocycles. The monoisotopic (exact) mass is 456 g/mol. The molecule has 6 nitrogen and oxygen atoms in total. The van der Waals surface area contributed by atoms with E-state index in [9.17, 15) is 14.7 Å². The number of piperidine rings is 1. The molecule has 7 heteroatoms. The zero-order valence-electron chi connectivity index (χ0n) is 18.5. The van der Waals surface area contributed by atoms with Crippen LogP contribution >= 0.6 is 11.6 Å². The van der Waals surface area contributed by atoms with Crippen LogP contribution in [0, 0.1) is 0 Å². The number of nitrogens with zero attached hydrogens (tertiary/aromatic N) is 2. The number of carboxylic acids is 1. The molecule has 0 spiro atoms. The fourth-order valence-electron chi connectivity index (χ4n) is 5.04. The van der Waals surface area contributed by atoms with Crippen LogP contribution in [0.2, 0.25) is 5.02 Å². The van der Waals surface area contributed by atoms with Crippen LogP contribution in [0.5, 0.6) is 5.75 Å². The molecule has 2 heterocycles. The molecule has 0 radical (unpaired) electrons. The van der Waals surface area contributed by atoms with E-state index in [1.54, 1.807) is 25.3 Å². The second-order valence-corrected chi connectivity index (χ2v) is 9.12. The highest BCUT2D eigenvalue weighted by molar-refractivity contribution is 6.31. The Kier molecular flexibility index (Phi) is 6.72. The van der Waals surface area contributed by atoms with E-state index in [2.05, 4.69) is 11.9 Å². The van der Waals surface area contributed by atoms with Crippen LogP contribution in [0.4, 0.5) is 0 Å². The molecule has 0 aliphatic carbocycles. The molecule has 2 atom stereocenters. The van der Waals surface area contributed by atoms with Crippen LogP contribution in [0.15, 0.2) is 42.5 Å². The highest BCUT2D eigenvalue weighted by atomic mass is 35.5. The number of halogens is 1. The minimum Gasteiger partial charge on any atom is -0.496 e. The molecule has 0 unspecified atom stereocenters. The first-order valence-electron chi connectivity index (χ1n) is 11.1. The van der Waals surface area contributed by atoms with Gasteiger partial charge < -0.3 is 19.6 Å². The van der Waals surface area contributed by atoms with Gasteiger partial charge in [-0.3, -0.25) is 4.79 Å². The van der Waals surface area contributed by atoms with Crippen LogP contribution in [0.3, 0.4) is 0 Å². The van der Waals surface area contributed by atoms with E-state index in [1.807, 2.05) is 24.3 Å². The van der Waals surface area contributed by atoms with E-state index in [0.29, 0.717) is 35.1 Å². The number of ether oxygens (including phenoxy) is 1. The normalized spacial score (nSPS) is 22.2. The Labute approximate surface area is 193 Å². The smallest absolute Gasteiger partial charge is 0.326 e. The molecule has 170 valence electrons. The molecule has 0 bridgehead atoms. The number of aliphatic carboxylic acids is 1. The Morgan fingerprint density at radius 1 is 1.03 bits per heavy atom. The number of hydrogen-bond donors (Lipinski definition) is 1. The Bertz CT molecular complexity index is 1000. The second kappa shape index (κ2) is 9.51. The minimum absolute atomic E-state index is 0.312. The lowest BCUT2D eigenvalue weighted by Crippen LogP contribution is -2.42. The number of carboxylic acid groups (broad SMARTS) is 1. The molecular formula is C25H29ClN2O4. The maximum Gasteiger partial charge on any atom is 0.326 e. The lowest BCUT2D eigenvalue weighted by Gasteiger charge is -2.31. The van der Waals surface area contributed by atoms with E-state index in [0.717, 1.165) is 37.1 Å². The molecule has 2 aliphatic rings. The number of amides is 1. The maximum atomic E-state index is 13.6. The fourth-order valence-corrected chi connectivity index (χ4v) is 5.30. The summed E-state index contributed by atoms with van der Waals surface area (Å²) in [6.07, 6.45) is 3.03. The van der Waals surface area contributed by atoms with Gasteiger partial charge in [0.1, 0.15) is 11.8 Å². The van der Waals surface area contributed by atoms with Crippen LogP contribution in [-0.2, 0) is 4.79 Å². The van der Waals surface area contributed by atoms with Gasteiger partial charge in [0.25, 0.3) is 5.91 Å². The number of carbonyl (C=O) groups excluding carboxylic acids is 1. The number of hydrogen-bond acceptors (Lipinski definition) is 4. The molecule has 1 amide bonds. The molecule has 2 saturated heterocycles. The van der Waals surface area contributed by atoms with Gasteiger partial charge >= 0.3 is 5.97 Å². The number of methoxy groups -OCH3 is 1. The molecule has 2 aliphatic heterocycles. The predicted octanol–water partition coefficient (Wildman–Crippen LogP) is 4.59. The summed E-state index contributed by atoms with van der Waals surface area (Å²) in [5.74, 6) is -0.235. The largest absolute Gasteiger partial charge is 0.496 e. The van der Waals surface area contributed by atoms with Gasteiger partial charge in [-0.05, 0) is 81.1 Å². The highest BCUT2D eigenvalue weighted by Gasteiger charge is 2.42. The van der Waals surface area contributed by atoms with Crippen molar-refractivity contribution in [3.63, 3.8) is 0 Å². The third kappa shape index (κ3) is 4.34. The molecule has 2 aromatic rings. The topological polar surface area (TPSA) is 70.1 Å². The summed E-state index contributed by atoms with van der Waals surface area (Å²) in [5, 5.41) is 10.3. The Morgan fingerprint density at radius 2 is 1.75 bits per heavy atom. The van der Waals surface area contributed by atoms with Crippen LogP contribution in [0.1, 0.15) is 59.1 Å². The molecule has 4 rings (SSSR count). The van der Waals surface area contributed by atoms with Crippen molar-refractivity contribution in [2.45, 2.75) is 43.7 Å². The average molecular weight is 457 g/mol. The Hall–Kier alpha value is -2.57. The maximum absolute atomic E-state index is 13.6. The summed E-state index contributed by atoms with van der Waals surface area (Å²) >= 11 is 6.40. The number of benzene rings is 2. The summed E-state index contributed by atoms with van der Waals surface area (Å²) in [7, 11) is 3.74. The average Bonchev–Trinajstić information content (AvgIpc) is 3.24. The van der Waals surface area contributed by atoms with Gasteiger partial charge in [0, 0.05) is 10.6 Å². The highest BCUT2D eigenvalue weighted by Crippen LogP contribution is 2.41. The third-order valence-corrected chi connectivity index (χ3v) is 7.15. The summed E-state index contributed by atoms with van der Waals surface area (Å²) in [4.78, 5) is 29.4. The van der Waals surface area contributed by atoms with Crippen molar-refractivity contribution < 1.29 is 19.4 Å². The van der Waals surface area contributed by atoms with Crippen molar-refractivity contribution in [3.05, 3.63) is 64.2 Å². The van der Waals surface area contributed by atoms with Crippen LogP contribution in [-0.4, -0.2) is 60.1 Å². The first kappa shape index (κ1) is 22.6. The van der Waals surface area contributed by atoms with Gasteiger partial charge in [-0.15, -0.1) is 0 Å². The van der Waals surface area contributed by atoms with Crippen molar-refractivity contribution in [1.29, 1.82) is 0 Å². The Balaban J connectivity index is 1.66. The first-order valence-corrected chi connectivity index (χ1v) is 11.4. The molecule has 2 fully saturated rings. The van der Waals surface area contributed by atoms with Crippen LogP contribution < -0.4 is 4.74 Å². The van der Waals surface area contributed by atoms with E-state index in [4.69, 9.17) is 16.3 Å². The van der Waals surface area contributed by atoms with Crippen LogP contribution in [0.25, 0.3) is 0 Å². The van der Waals surface area contributed by atoms with Gasteiger partial charge in [-0.1, -0.05) is 35.9 Å². The summed E-state index contributed by atoms with van der Waals surface area (Å²) in [6.45, 7) is 2.06. The molecule has 2 aromatic carbocycles. The first-order chi connectivity index (χ1) is 15.4. The quantitative estimate of drug-likeness (QED) is 0.712. The zero-order chi connectivity index (χ0) is 22.8. The zero-order valence-corrected chi connectivity index (χ0v) is 19.2. The van der Waals surface area contributed by atoms with Crippen molar-refractivity contribution in [3.8, 4) is 5.75 Å². The fraction of sp³-hybridized carbons (Fsp3) is 0.440. The Morgan fingerprint density at radius 3 is 2.41 bits per heavy atom. The van der Waals surface area contributed by atoms with Crippen molar-refractivity contribution >= 4 is 23.5 Å². The standard InChI is InChI=1S/C25H29ClN2O4/c1-27-13-11-16(12-14-27)18-8-7-17(15-23(18)32-2)24(29)28-21(9-10-22(28)25(30)31)19-5-3-4-6-20(19)26/h3-8,15-16,21-22H,9-14H2,1-2H3,(H,30,31)/t21-,22+/m1/s1. The SMILES string of the molecule is COc1cc(C(=O)N2[C@@H](c3ccccc3Cl)CC[C@H]2C(=O)O)ccc1C1CCN(C)CC1. The van der Waals surface area contributed by atoms with Crippen molar-refractivity contribution in [2.75, 3.05) is 27.2 Å². The molecular weight excluding hydrogens is 428 g/mol. The molecule has 1 N–H and O–H groups in total. The van der Waals surface area contributed by atoms with E-state index < -0.39 is 12.0 Å². The van der Waals surface area contributed by atoms with Gasteiger partial charge in [0.15, 0.2) is 0 Å². The van der Waals surface area contributed by atoms with E-state index >= 15 is 0 Å². The van der Waals surface area contributed by atoms with Crippen molar-refractivity contribution in [2.24, 2.45) is 0 Å². The van der Waals surface area contributed by atoms with Gasteiger partial charge in [-0.2, -0.15) is 0 Å². The third-order valence-electron chi connectivity index (χ3n) is 6.81. The van der Waals surface area contributed by atoms with Crippen molar-refractivity contribution in [1.82, 2.24) is 9.80 Å². The summed E-state index contributed by atoms with van der Waals surface area (Å²) in [6, 6.07) is 11.6. The minimum atomic E-state index is -0.997. The molecule has 0 saturated carbocycles. The lowest BCUT2D eigenvalue weighted by atomic mass is 9.88. The summed E-state index contributed by atoms with van der Waals surface area (Å²) in [5.41, 5.74) is 2.32. The van der Waals surface area contributed by atoms with Gasteiger partial charge in [0.05, 0.1) is 13.2 Å². The predicted molar refractivity (Wildman–Crippen MR) is 123 cm³/mol. The number of likely N-dealkylation sites (tertiary alicyclic amines) is 2. The number of rotatable bonds is 5. The number of carbonyl (C=O) groups is 2. The second-order valence-electron chi connectivity index (χ2n) is 8.72. The van der Waals surface area contributed by atoms with Gasteiger partial charge in [0.2, 0.25) is 0 Å². The van der Waals surface area contributed by atoms with E-state index in [1.165, 1.54) is 4.90 Å². The lowest BCUT2D eigenvalue weighted by molar-refractivity contribution is -0.141. The summed E-state index contributed by atoms with van der Waals surface area (Å²) < 4.78 is 5.66.